The van der Waals surface area contributed by atoms with Crippen LogP contribution in [0.5, 0.6) is 0 Å². The number of hydrogen-bond donors (Lipinski definition) is 1. The van der Waals surface area contributed by atoms with Crippen LogP contribution in [0.1, 0.15) is 17.4 Å². The van der Waals surface area contributed by atoms with Crippen molar-refractivity contribution in [1.82, 2.24) is 14.5 Å². The van der Waals surface area contributed by atoms with Crippen LogP contribution < -0.4 is 5.32 Å². The van der Waals surface area contributed by atoms with Gasteiger partial charge in [-0.25, -0.2) is 8.42 Å². The Labute approximate surface area is 158 Å². The molecule has 2 heterocycles. The molecular formula is C18H23N3O3S2. The average Bonchev–Trinajstić information content (AvgIpc) is 3.11. The third-order valence-corrected chi connectivity index (χ3v) is 7.77. The summed E-state index contributed by atoms with van der Waals surface area (Å²) >= 11 is 1.22. The minimum Gasteiger partial charge on any atom is -0.351 e. The van der Waals surface area contributed by atoms with Crippen LogP contribution in [0.15, 0.2) is 46.7 Å². The van der Waals surface area contributed by atoms with E-state index in [4.69, 9.17) is 0 Å². The van der Waals surface area contributed by atoms with Crippen molar-refractivity contribution in [3.63, 3.8) is 0 Å². The number of carbonyl (C=O) groups excluding carboxylic acids is 1. The first-order valence-electron chi connectivity index (χ1n) is 8.55. The highest BCUT2D eigenvalue weighted by molar-refractivity contribution is 7.91. The lowest BCUT2D eigenvalue weighted by molar-refractivity contribution is -0.119. The van der Waals surface area contributed by atoms with Crippen molar-refractivity contribution in [2.24, 2.45) is 0 Å². The Balaban J connectivity index is 1.58. The van der Waals surface area contributed by atoms with Crippen molar-refractivity contribution >= 4 is 27.3 Å². The van der Waals surface area contributed by atoms with Crippen molar-refractivity contribution in [3.05, 3.63) is 52.9 Å². The number of nitrogens with one attached hydrogen (secondary N) is 1. The predicted molar refractivity (Wildman–Crippen MR) is 102 cm³/mol. The van der Waals surface area contributed by atoms with Crippen LogP contribution in [-0.2, 0) is 27.9 Å². The Morgan fingerprint density at radius 1 is 1.08 bits per heavy atom. The smallest absolute Gasteiger partial charge is 0.252 e. The normalized spacial score (nSPS) is 16.5. The summed E-state index contributed by atoms with van der Waals surface area (Å²) in [5.41, 5.74) is 1.24. The van der Waals surface area contributed by atoms with Crippen molar-refractivity contribution < 1.29 is 13.2 Å². The van der Waals surface area contributed by atoms with Gasteiger partial charge in [0.15, 0.2) is 0 Å². The molecule has 8 heteroatoms. The first-order chi connectivity index (χ1) is 12.4. The largest absolute Gasteiger partial charge is 0.351 e. The summed E-state index contributed by atoms with van der Waals surface area (Å²) < 4.78 is 27.6. The number of rotatable bonds is 6. The molecule has 26 heavy (non-hydrogen) atoms. The monoisotopic (exact) mass is 393 g/mol. The number of benzene rings is 1. The van der Waals surface area contributed by atoms with Crippen molar-refractivity contribution in [1.29, 1.82) is 0 Å². The van der Waals surface area contributed by atoms with Crippen LogP contribution >= 0.6 is 11.3 Å². The predicted octanol–water partition coefficient (Wildman–Crippen LogP) is 1.89. The van der Waals surface area contributed by atoms with E-state index >= 15 is 0 Å². The van der Waals surface area contributed by atoms with E-state index in [1.54, 1.807) is 16.4 Å². The molecule has 1 aromatic heterocycles. The van der Waals surface area contributed by atoms with Gasteiger partial charge < -0.3 is 5.32 Å². The van der Waals surface area contributed by atoms with Gasteiger partial charge in [-0.15, -0.1) is 11.3 Å². The van der Waals surface area contributed by atoms with E-state index < -0.39 is 10.0 Å². The standard InChI is InChI=1S/C18H23N3O3S2/c1-15(22)19-13-17-7-8-18(25-17)26(23,24)21-11-9-20(10-12-21)14-16-5-3-2-4-6-16/h2-8H,9-14H2,1H3,(H,19,22). The fourth-order valence-electron chi connectivity index (χ4n) is 2.90. The fourth-order valence-corrected chi connectivity index (χ4v) is 5.77. The number of sulfonamides is 1. The molecule has 1 aromatic carbocycles. The Bertz CT molecular complexity index is 842. The van der Waals surface area contributed by atoms with E-state index in [-0.39, 0.29) is 5.91 Å². The van der Waals surface area contributed by atoms with Gasteiger partial charge in [0.1, 0.15) is 4.21 Å². The molecule has 0 radical (unpaired) electrons. The lowest BCUT2D eigenvalue weighted by Crippen LogP contribution is -2.48. The molecule has 2 aromatic rings. The highest BCUT2D eigenvalue weighted by Crippen LogP contribution is 2.26. The molecule has 140 valence electrons. The summed E-state index contributed by atoms with van der Waals surface area (Å²) in [7, 11) is -3.46. The van der Waals surface area contributed by atoms with Crippen molar-refractivity contribution in [3.8, 4) is 0 Å². The first kappa shape index (κ1) is 19.0. The SMILES string of the molecule is CC(=O)NCc1ccc(S(=O)(=O)N2CCN(Cc3ccccc3)CC2)s1. The van der Waals surface area contributed by atoms with Crippen LogP contribution in [-0.4, -0.2) is 49.7 Å². The molecule has 1 saturated heterocycles. The lowest BCUT2D eigenvalue weighted by atomic mass is 10.2. The van der Waals surface area contributed by atoms with Gasteiger partial charge in [-0.2, -0.15) is 4.31 Å². The second kappa shape index (κ2) is 8.30. The Kier molecular flexibility index (Phi) is 6.08. The van der Waals surface area contributed by atoms with Gasteiger partial charge in [0, 0.05) is 44.5 Å². The summed E-state index contributed by atoms with van der Waals surface area (Å²) in [6, 6.07) is 13.6. The van der Waals surface area contributed by atoms with Crippen LogP contribution in [0.4, 0.5) is 0 Å². The summed E-state index contributed by atoms with van der Waals surface area (Å²) in [5.74, 6) is -0.127. The zero-order valence-electron chi connectivity index (χ0n) is 14.7. The fraction of sp³-hybridized carbons (Fsp3) is 0.389. The topological polar surface area (TPSA) is 69.7 Å². The molecule has 1 aliphatic rings. The number of hydrogen-bond acceptors (Lipinski definition) is 5. The second-order valence-corrected chi connectivity index (χ2v) is 9.63. The van der Waals surface area contributed by atoms with Gasteiger partial charge in [-0.1, -0.05) is 30.3 Å². The van der Waals surface area contributed by atoms with E-state index in [9.17, 15) is 13.2 Å². The van der Waals surface area contributed by atoms with Crippen LogP contribution in [0.3, 0.4) is 0 Å². The number of piperazine rings is 1. The van der Waals surface area contributed by atoms with E-state index in [0.29, 0.717) is 23.8 Å². The maximum Gasteiger partial charge on any atom is 0.252 e. The zero-order chi connectivity index (χ0) is 18.6. The molecule has 6 nitrogen and oxygen atoms in total. The highest BCUT2D eigenvalue weighted by atomic mass is 32.2. The summed E-state index contributed by atoms with van der Waals surface area (Å²) in [6.07, 6.45) is 0. The van der Waals surface area contributed by atoms with Gasteiger partial charge in [-0.05, 0) is 17.7 Å². The quantitative estimate of drug-likeness (QED) is 0.814. The molecule has 0 saturated carbocycles. The highest BCUT2D eigenvalue weighted by Gasteiger charge is 2.29. The summed E-state index contributed by atoms with van der Waals surface area (Å²) in [5, 5.41) is 2.69. The van der Waals surface area contributed by atoms with E-state index in [0.717, 1.165) is 24.5 Å². The lowest BCUT2D eigenvalue weighted by Gasteiger charge is -2.33. The van der Waals surface area contributed by atoms with Gasteiger partial charge in [-0.3, -0.25) is 9.69 Å². The molecule has 3 rings (SSSR count). The molecule has 1 fully saturated rings. The van der Waals surface area contributed by atoms with Crippen LogP contribution in [0, 0.1) is 0 Å². The van der Waals surface area contributed by atoms with Gasteiger partial charge in [0.05, 0.1) is 6.54 Å². The molecule has 0 unspecified atom stereocenters. The molecule has 0 spiro atoms. The molecule has 1 aliphatic heterocycles. The molecule has 1 N–H and O–H groups in total. The van der Waals surface area contributed by atoms with Gasteiger partial charge >= 0.3 is 0 Å². The molecule has 0 atom stereocenters. The van der Waals surface area contributed by atoms with E-state index in [2.05, 4.69) is 22.3 Å². The summed E-state index contributed by atoms with van der Waals surface area (Å²) in [4.78, 5) is 14.1. The maximum absolute atomic E-state index is 12.8. The number of nitrogens with zero attached hydrogens (tertiary/aromatic N) is 2. The van der Waals surface area contributed by atoms with Crippen LogP contribution in [0.25, 0.3) is 0 Å². The van der Waals surface area contributed by atoms with Crippen LogP contribution in [0.2, 0.25) is 0 Å². The molecule has 0 aliphatic carbocycles. The van der Waals surface area contributed by atoms with Gasteiger partial charge in [0.25, 0.3) is 10.0 Å². The number of carbonyl (C=O) groups is 1. The van der Waals surface area contributed by atoms with Crippen molar-refractivity contribution in [2.45, 2.75) is 24.2 Å². The average molecular weight is 394 g/mol. The third kappa shape index (κ3) is 4.70. The second-order valence-electron chi connectivity index (χ2n) is 6.30. The van der Waals surface area contributed by atoms with Crippen molar-refractivity contribution in [2.75, 3.05) is 26.2 Å². The number of amides is 1. The maximum atomic E-state index is 12.8. The Morgan fingerprint density at radius 3 is 2.42 bits per heavy atom. The summed E-state index contributed by atoms with van der Waals surface area (Å²) in [6.45, 7) is 5.08. The molecular weight excluding hydrogens is 370 g/mol. The Hall–Kier alpha value is -1.74. The molecule has 1 amide bonds. The number of thiophene rings is 1. The van der Waals surface area contributed by atoms with E-state index in [1.807, 2.05) is 18.2 Å². The Morgan fingerprint density at radius 2 is 1.77 bits per heavy atom. The first-order valence-corrected chi connectivity index (χ1v) is 10.8. The molecule has 0 bridgehead atoms. The minimum absolute atomic E-state index is 0.127. The van der Waals surface area contributed by atoms with E-state index in [1.165, 1.54) is 23.8 Å². The third-order valence-electron chi connectivity index (χ3n) is 4.32. The minimum atomic E-state index is -3.46. The zero-order valence-corrected chi connectivity index (χ0v) is 16.4. The van der Waals surface area contributed by atoms with Gasteiger partial charge in [0.2, 0.25) is 5.91 Å².